The number of aromatic nitrogens is 1. The molecule has 0 aliphatic carbocycles. The van der Waals surface area contributed by atoms with E-state index in [-0.39, 0.29) is 0 Å². The van der Waals surface area contributed by atoms with Gasteiger partial charge in [-0.25, -0.2) is 0 Å². The molecule has 1 amide bonds. The van der Waals surface area contributed by atoms with Gasteiger partial charge in [0.15, 0.2) is 0 Å². The average molecular weight is 295 g/mol. The van der Waals surface area contributed by atoms with Crippen LogP contribution in [0.5, 0.6) is 0 Å². The Labute approximate surface area is 126 Å². The predicted octanol–water partition coefficient (Wildman–Crippen LogP) is 3.12. The summed E-state index contributed by atoms with van der Waals surface area (Å²) < 4.78 is 14.6. The molecule has 0 saturated heterocycles. The zero-order valence-corrected chi connectivity index (χ0v) is 11.8. The number of benzene rings is 2. The maximum Gasteiger partial charge on any atom is 0.249 e. The summed E-state index contributed by atoms with van der Waals surface area (Å²) in [5.74, 6) is -0.516. The van der Waals surface area contributed by atoms with Crippen LogP contribution in [-0.2, 0) is 6.54 Å². The van der Waals surface area contributed by atoms with E-state index in [1.165, 1.54) is 0 Å². The van der Waals surface area contributed by atoms with Crippen LogP contribution in [0.4, 0.5) is 4.39 Å². The lowest BCUT2D eigenvalue weighted by Crippen LogP contribution is -2.11. The quantitative estimate of drug-likeness (QED) is 0.803. The molecule has 3 aromatic rings. The highest BCUT2D eigenvalue weighted by molar-refractivity contribution is 6.18. The van der Waals surface area contributed by atoms with Gasteiger partial charge in [-0.2, -0.15) is 5.26 Å². The number of nitrogens with zero attached hydrogens (tertiary/aromatic N) is 2. The van der Waals surface area contributed by atoms with E-state index in [0.29, 0.717) is 24.1 Å². The number of hydrogen-bond donors (Lipinski definition) is 1. The summed E-state index contributed by atoms with van der Waals surface area (Å²) in [4.78, 5) is 11.7. The SMILES string of the molecule is N#Cc1ccc2c(c1)c1c(C(N)=O)cccc1n2CCCF. The Morgan fingerprint density at radius 2 is 2.09 bits per heavy atom. The molecule has 2 N–H and O–H groups in total. The van der Waals surface area contributed by atoms with Crippen molar-refractivity contribution in [1.82, 2.24) is 4.57 Å². The van der Waals surface area contributed by atoms with Crippen molar-refractivity contribution >= 4 is 27.7 Å². The number of aryl methyl sites for hydroxylation is 1. The minimum Gasteiger partial charge on any atom is -0.366 e. The summed E-state index contributed by atoms with van der Waals surface area (Å²) in [6.07, 6.45) is 0.389. The molecule has 0 fully saturated rings. The highest BCUT2D eigenvalue weighted by Gasteiger charge is 2.16. The number of fused-ring (bicyclic) bond motifs is 3. The van der Waals surface area contributed by atoms with Crippen LogP contribution in [0, 0.1) is 11.3 Å². The van der Waals surface area contributed by atoms with Crippen molar-refractivity contribution in [1.29, 1.82) is 5.26 Å². The van der Waals surface area contributed by atoms with Crippen molar-refractivity contribution in [3.63, 3.8) is 0 Å². The smallest absolute Gasteiger partial charge is 0.249 e. The third-order valence-corrected chi connectivity index (χ3v) is 3.80. The number of hydrogen-bond acceptors (Lipinski definition) is 2. The number of carbonyl (C=O) groups is 1. The number of carbonyl (C=O) groups excluding carboxylic acids is 1. The number of primary amides is 1. The molecule has 110 valence electrons. The lowest BCUT2D eigenvalue weighted by molar-refractivity contribution is 0.100. The Kier molecular flexibility index (Phi) is 3.51. The number of nitriles is 1. The summed E-state index contributed by atoms with van der Waals surface area (Å²) >= 11 is 0. The summed E-state index contributed by atoms with van der Waals surface area (Å²) in [6, 6.07) is 12.7. The van der Waals surface area contributed by atoms with Crippen LogP contribution < -0.4 is 5.73 Å². The van der Waals surface area contributed by atoms with Gasteiger partial charge in [-0.05, 0) is 36.8 Å². The Morgan fingerprint density at radius 1 is 1.27 bits per heavy atom. The van der Waals surface area contributed by atoms with Gasteiger partial charge in [0.25, 0.3) is 0 Å². The fraction of sp³-hybridized carbons (Fsp3) is 0.176. The van der Waals surface area contributed by atoms with Gasteiger partial charge in [-0.1, -0.05) is 6.07 Å². The average Bonchev–Trinajstić information content (AvgIpc) is 2.85. The van der Waals surface area contributed by atoms with E-state index in [0.717, 1.165) is 21.8 Å². The van der Waals surface area contributed by atoms with E-state index >= 15 is 0 Å². The van der Waals surface area contributed by atoms with Gasteiger partial charge in [0, 0.05) is 33.9 Å². The Bertz CT molecular complexity index is 921. The highest BCUT2D eigenvalue weighted by Crippen LogP contribution is 2.32. The second kappa shape index (κ2) is 5.49. The fourth-order valence-corrected chi connectivity index (χ4v) is 2.88. The molecule has 0 spiro atoms. The Hall–Kier alpha value is -2.87. The first-order valence-electron chi connectivity index (χ1n) is 6.98. The van der Waals surface area contributed by atoms with E-state index in [2.05, 4.69) is 6.07 Å². The van der Waals surface area contributed by atoms with Crippen molar-refractivity contribution in [3.8, 4) is 6.07 Å². The van der Waals surface area contributed by atoms with Gasteiger partial charge >= 0.3 is 0 Å². The molecule has 0 bridgehead atoms. The number of halogens is 1. The predicted molar refractivity (Wildman–Crippen MR) is 83.3 cm³/mol. The van der Waals surface area contributed by atoms with Crippen LogP contribution in [0.2, 0.25) is 0 Å². The largest absolute Gasteiger partial charge is 0.366 e. The van der Waals surface area contributed by atoms with Crippen LogP contribution in [0.3, 0.4) is 0 Å². The second-order valence-electron chi connectivity index (χ2n) is 5.10. The van der Waals surface area contributed by atoms with Crippen molar-refractivity contribution in [3.05, 3.63) is 47.5 Å². The van der Waals surface area contributed by atoms with Gasteiger partial charge in [0.05, 0.1) is 18.3 Å². The molecule has 0 aliphatic heterocycles. The van der Waals surface area contributed by atoms with Gasteiger partial charge in [0.2, 0.25) is 5.91 Å². The molecule has 1 heterocycles. The highest BCUT2D eigenvalue weighted by atomic mass is 19.1. The summed E-state index contributed by atoms with van der Waals surface area (Å²) in [7, 11) is 0. The van der Waals surface area contributed by atoms with Gasteiger partial charge in [-0.15, -0.1) is 0 Å². The summed E-state index contributed by atoms with van der Waals surface area (Å²) in [6.45, 7) is 0.0948. The number of rotatable bonds is 4. The van der Waals surface area contributed by atoms with Crippen LogP contribution in [0.25, 0.3) is 21.8 Å². The first-order valence-corrected chi connectivity index (χ1v) is 6.98. The van der Waals surface area contributed by atoms with Crippen molar-refractivity contribution in [2.45, 2.75) is 13.0 Å². The molecule has 22 heavy (non-hydrogen) atoms. The van der Waals surface area contributed by atoms with Crippen molar-refractivity contribution in [2.24, 2.45) is 5.73 Å². The minimum absolute atomic E-state index is 0.389. The summed E-state index contributed by atoms with van der Waals surface area (Å²) in [5.41, 5.74) is 8.10. The van der Waals surface area contributed by atoms with Gasteiger partial charge in [-0.3, -0.25) is 9.18 Å². The Balaban J connectivity index is 2.44. The molecular weight excluding hydrogens is 281 g/mol. The summed E-state index contributed by atoms with van der Waals surface area (Å²) in [5, 5.41) is 10.6. The van der Waals surface area contributed by atoms with Gasteiger partial charge in [0.1, 0.15) is 0 Å². The van der Waals surface area contributed by atoms with E-state index in [4.69, 9.17) is 11.0 Å². The van der Waals surface area contributed by atoms with E-state index in [1.54, 1.807) is 24.3 Å². The molecule has 3 rings (SSSR count). The monoisotopic (exact) mass is 295 g/mol. The lowest BCUT2D eigenvalue weighted by Gasteiger charge is -2.06. The molecule has 5 heteroatoms. The van der Waals surface area contributed by atoms with E-state index in [9.17, 15) is 9.18 Å². The third-order valence-electron chi connectivity index (χ3n) is 3.80. The van der Waals surface area contributed by atoms with Crippen LogP contribution >= 0.6 is 0 Å². The molecule has 0 atom stereocenters. The molecule has 0 unspecified atom stereocenters. The minimum atomic E-state index is -0.516. The van der Waals surface area contributed by atoms with E-state index in [1.807, 2.05) is 16.7 Å². The zero-order chi connectivity index (χ0) is 15.7. The third kappa shape index (κ3) is 2.09. The standard InChI is InChI=1S/C17H14FN3O/c18-7-2-8-21-14-6-5-11(10-19)9-13(14)16-12(17(20)22)3-1-4-15(16)21/h1,3-6,9H,2,7-8H2,(H2,20,22). The molecular formula is C17H14FN3O. The molecule has 2 aromatic carbocycles. The lowest BCUT2D eigenvalue weighted by atomic mass is 10.0. The Morgan fingerprint density at radius 3 is 2.77 bits per heavy atom. The maximum absolute atomic E-state index is 12.6. The molecule has 4 nitrogen and oxygen atoms in total. The number of nitrogens with two attached hydrogens (primary N) is 1. The normalized spacial score (nSPS) is 10.9. The van der Waals surface area contributed by atoms with Gasteiger partial charge < -0.3 is 10.3 Å². The maximum atomic E-state index is 12.6. The second-order valence-corrected chi connectivity index (χ2v) is 5.10. The zero-order valence-electron chi connectivity index (χ0n) is 11.8. The molecule has 0 saturated carbocycles. The first-order chi connectivity index (χ1) is 10.7. The van der Waals surface area contributed by atoms with Crippen LogP contribution in [0.1, 0.15) is 22.3 Å². The van der Waals surface area contributed by atoms with Crippen molar-refractivity contribution in [2.75, 3.05) is 6.67 Å². The molecule has 0 aliphatic rings. The molecule has 1 aromatic heterocycles. The first kappa shape index (κ1) is 14.1. The number of amides is 1. The van der Waals surface area contributed by atoms with E-state index < -0.39 is 12.6 Å². The number of alkyl halides is 1. The van der Waals surface area contributed by atoms with Crippen molar-refractivity contribution < 1.29 is 9.18 Å². The molecule has 0 radical (unpaired) electrons. The topological polar surface area (TPSA) is 71.8 Å². The van der Waals surface area contributed by atoms with Crippen LogP contribution in [0.15, 0.2) is 36.4 Å². The van der Waals surface area contributed by atoms with Crippen LogP contribution in [-0.4, -0.2) is 17.1 Å². The fourth-order valence-electron chi connectivity index (χ4n) is 2.88.